The largest absolute Gasteiger partial charge is 0.465 e. The summed E-state index contributed by atoms with van der Waals surface area (Å²) in [5.74, 6) is -0.627. The van der Waals surface area contributed by atoms with E-state index in [1.165, 1.54) is 42.7 Å². The maximum Gasteiger partial charge on any atom is 0.404 e. The van der Waals surface area contributed by atoms with Gasteiger partial charge in [0.05, 0.1) is 10.6 Å². The van der Waals surface area contributed by atoms with Gasteiger partial charge in [-0.3, -0.25) is 4.98 Å². The van der Waals surface area contributed by atoms with Gasteiger partial charge in [-0.25, -0.2) is 22.3 Å². The van der Waals surface area contributed by atoms with Crippen LogP contribution in [-0.4, -0.2) is 40.4 Å². The number of carbonyl (C=O) groups is 1. The van der Waals surface area contributed by atoms with Crippen LogP contribution < -0.4 is 5.32 Å². The molecular weight excluding hydrogens is 435 g/mol. The summed E-state index contributed by atoms with van der Waals surface area (Å²) in [6, 6.07) is 8.10. The molecule has 3 aromatic rings. The van der Waals surface area contributed by atoms with Gasteiger partial charge in [-0.15, -0.1) is 0 Å². The third kappa shape index (κ3) is 4.96. The first kappa shape index (κ1) is 23.4. The molecule has 1 atom stereocenters. The van der Waals surface area contributed by atoms with Crippen molar-refractivity contribution in [3.05, 3.63) is 65.9 Å². The van der Waals surface area contributed by atoms with Crippen LogP contribution in [0.2, 0.25) is 0 Å². The minimum Gasteiger partial charge on any atom is -0.465 e. The molecule has 8 nitrogen and oxygen atoms in total. The first-order valence-electron chi connectivity index (χ1n) is 9.89. The van der Waals surface area contributed by atoms with E-state index >= 15 is 0 Å². The van der Waals surface area contributed by atoms with Crippen molar-refractivity contribution in [1.29, 1.82) is 0 Å². The molecule has 0 bridgehead atoms. The number of hydrogen-bond acceptors (Lipinski definition) is 5. The highest BCUT2D eigenvalue weighted by molar-refractivity contribution is 7.91. The summed E-state index contributed by atoms with van der Waals surface area (Å²) < 4.78 is 42.5. The maximum atomic E-state index is 14.8. The van der Waals surface area contributed by atoms with Gasteiger partial charge in [-0.2, -0.15) is 5.10 Å². The molecule has 2 N–H and O–H groups in total. The summed E-state index contributed by atoms with van der Waals surface area (Å²) in [5.41, 5.74) is 0.484. The van der Waals surface area contributed by atoms with Crippen LogP contribution in [0.15, 0.2) is 58.7 Å². The highest BCUT2D eigenvalue weighted by atomic mass is 32.2. The normalized spacial score (nSPS) is 13.0. The number of nitrogens with one attached hydrogen (secondary N) is 1. The minimum atomic E-state index is -4.08. The van der Waals surface area contributed by atoms with Crippen molar-refractivity contribution in [3.8, 4) is 5.69 Å². The Hall–Kier alpha value is -3.27. The van der Waals surface area contributed by atoms with E-state index in [0.29, 0.717) is 11.3 Å². The third-order valence-electron chi connectivity index (χ3n) is 5.04. The smallest absolute Gasteiger partial charge is 0.404 e. The van der Waals surface area contributed by atoms with Crippen molar-refractivity contribution in [3.63, 3.8) is 0 Å². The average molecular weight is 461 g/mol. The summed E-state index contributed by atoms with van der Waals surface area (Å²) in [4.78, 5) is 15.1. The summed E-state index contributed by atoms with van der Waals surface area (Å²) in [6.45, 7) is 7.30. The van der Waals surface area contributed by atoms with Crippen molar-refractivity contribution in [2.75, 3.05) is 0 Å². The molecule has 0 aliphatic heterocycles. The van der Waals surface area contributed by atoms with Gasteiger partial charge >= 0.3 is 6.09 Å². The van der Waals surface area contributed by atoms with Gasteiger partial charge < -0.3 is 10.4 Å². The molecule has 32 heavy (non-hydrogen) atoms. The van der Waals surface area contributed by atoms with E-state index in [1.807, 2.05) is 20.8 Å². The predicted octanol–water partition coefficient (Wildman–Crippen LogP) is 3.77. The van der Waals surface area contributed by atoms with Gasteiger partial charge in [0, 0.05) is 24.9 Å². The van der Waals surface area contributed by atoms with Crippen LogP contribution in [0.3, 0.4) is 0 Å². The van der Waals surface area contributed by atoms with Crippen molar-refractivity contribution >= 4 is 15.9 Å². The first-order chi connectivity index (χ1) is 14.9. The molecule has 0 saturated heterocycles. The molecule has 0 fully saturated rings. The zero-order valence-corrected chi connectivity index (χ0v) is 19.0. The van der Waals surface area contributed by atoms with Gasteiger partial charge in [0.1, 0.15) is 11.5 Å². The monoisotopic (exact) mass is 460 g/mol. The van der Waals surface area contributed by atoms with Crippen LogP contribution >= 0.6 is 0 Å². The quantitative estimate of drug-likeness (QED) is 0.579. The first-order valence-corrected chi connectivity index (χ1v) is 11.4. The molecule has 2 aromatic heterocycles. The minimum absolute atomic E-state index is 0.0252. The fourth-order valence-electron chi connectivity index (χ4n) is 3.22. The second kappa shape index (κ2) is 8.70. The Bertz CT molecular complexity index is 1230. The lowest BCUT2D eigenvalue weighted by Gasteiger charge is -2.29. The number of rotatable bonds is 6. The Balaban J connectivity index is 2.17. The second-order valence-corrected chi connectivity index (χ2v) is 10.5. The number of carboxylic acid groups (broad SMARTS) is 1. The third-order valence-corrected chi connectivity index (χ3v) is 6.74. The topological polar surface area (TPSA) is 114 Å². The van der Waals surface area contributed by atoms with Gasteiger partial charge in [-0.05, 0) is 48.2 Å². The maximum absolute atomic E-state index is 14.8. The Morgan fingerprint density at radius 2 is 1.97 bits per heavy atom. The Morgan fingerprint density at radius 1 is 1.25 bits per heavy atom. The molecule has 0 saturated carbocycles. The van der Waals surface area contributed by atoms with Crippen LogP contribution in [0.1, 0.15) is 32.0 Å². The zero-order chi connectivity index (χ0) is 23.7. The number of hydrogen-bond donors (Lipinski definition) is 2. The molecule has 2 heterocycles. The van der Waals surface area contributed by atoms with Gasteiger partial charge in [0.2, 0.25) is 9.84 Å². The number of halogens is 1. The molecule has 10 heteroatoms. The van der Waals surface area contributed by atoms with Crippen molar-refractivity contribution in [1.82, 2.24) is 20.1 Å². The summed E-state index contributed by atoms with van der Waals surface area (Å²) in [6.07, 6.45) is 1.58. The zero-order valence-electron chi connectivity index (χ0n) is 18.2. The van der Waals surface area contributed by atoms with E-state index in [2.05, 4.69) is 15.4 Å². The highest BCUT2D eigenvalue weighted by Gasteiger charge is 2.31. The second-order valence-electron chi connectivity index (χ2n) is 8.60. The van der Waals surface area contributed by atoms with Gasteiger partial charge in [0.15, 0.2) is 5.03 Å². The van der Waals surface area contributed by atoms with E-state index in [1.54, 1.807) is 13.0 Å². The molecule has 0 aliphatic carbocycles. The molecule has 1 amide bonds. The number of pyridine rings is 1. The Labute approximate surface area is 186 Å². The number of amides is 1. The van der Waals surface area contributed by atoms with Crippen molar-refractivity contribution < 1.29 is 22.7 Å². The van der Waals surface area contributed by atoms with Crippen molar-refractivity contribution in [2.24, 2.45) is 5.41 Å². The van der Waals surface area contributed by atoms with Crippen molar-refractivity contribution in [2.45, 2.75) is 50.1 Å². The number of aromatic nitrogens is 3. The number of nitrogens with zero attached hydrogens (tertiary/aromatic N) is 3. The molecule has 0 radical (unpaired) electrons. The lowest BCUT2D eigenvalue weighted by molar-refractivity contribution is 0.174. The van der Waals surface area contributed by atoms with Crippen LogP contribution in [-0.2, 0) is 16.3 Å². The van der Waals surface area contributed by atoms with Crippen LogP contribution in [0.25, 0.3) is 5.69 Å². The summed E-state index contributed by atoms with van der Waals surface area (Å²) in [5, 5.41) is 15.8. The van der Waals surface area contributed by atoms with Gasteiger partial charge in [0.25, 0.3) is 0 Å². The Kier molecular flexibility index (Phi) is 6.36. The standard InChI is InChI=1S/C22H25FN4O4S/c1-14-7-8-18(17(23)10-14)27-20(32(30,31)16-6-5-9-24-13-16)12-15(26-27)11-19(22(2,3)4)25-21(28)29/h5-10,12-13,19,25H,11H2,1-4H3,(H,28,29). The SMILES string of the molecule is Cc1ccc(-n2nc(CC(NC(=O)O)C(C)(C)C)cc2S(=O)(=O)c2cccnc2)c(F)c1. The average Bonchev–Trinajstić information content (AvgIpc) is 3.11. The molecular formula is C22H25FN4O4S. The molecule has 1 aromatic carbocycles. The Morgan fingerprint density at radius 3 is 2.53 bits per heavy atom. The van der Waals surface area contributed by atoms with Crippen LogP contribution in [0.4, 0.5) is 9.18 Å². The predicted molar refractivity (Wildman–Crippen MR) is 116 cm³/mol. The fraction of sp³-hybridized carbons (Fsp3) is 0.318. The van der Waals surface area contributed by atoms with E-state index in [0.717, 1.165) is 4.68 Å². The number of sulfone groups is 1. The van der Waals surface area contributed by atoms with Crippen LogP contribution in [0.5, 0.6) is 0 Å². The van der Waals surface area contributed by atoms with E-state index in [-0.39, 0.29) is 22.0 Å². The molecule has 1 unspecified atom stereocenters. The van der Waals surface area contributed by atoms with Crippen LogP contribution in [0, 0.1) is 18.2 Å². The molecule has 0 spiro atoms. The van der Waals surface area contributed by atoms with E-state index in [9.17, 15) is 22.7 Å². The molecule has 3 rings (SSSR count). The number of benzene rings is 1. The summed E-state index contributed by atoms with van der Waals surface area (Å²) in [7, 11) is -4.08. The highest BCUT2D eigenvalue weighted by Crippen LogP contribution is 2.28. The van der Waals surface area contributed by atoms with E-state index in [4.69, 9.17) is 0 Å². The lowest BCUT2D eigenvalue weighted by Crippen LogP contribution is -2.44. The lowest BCUT2D eigenvalue weighted by atomic mass is 9.84. The van der Waals surface area contributed by atoms with E-state index < -0.39 is 33.2 Å². The van der Waals surface area contributed by atoms with Gasteiger partial charge in [-0.1, -0.05) is 26.8 Å². The fourth-order valence-corrected chi connectivity index (χ4v) is 4.57. The molecule has 170 valence electrons. The number of aryl methyl sites for hydroxylation is 1. The molecule has 0 aliphatic rings. The summed E-state index contributed by atoms with van der Waals surface area (Å²) >= 11 is 0.